The number of benzene rings is 1. The van der Waals surface area contributed by atoms with E-state index in [1.165, 1.54) is 4.46 Å². The predicted octanol–water partition coefficient (Wildman–Crippen LogP) is 2.68. The zero-order valence-electron chi connectivity index (χ0n) is 8.94. The van der Waals surface area contributed by atoms with E-state index in [0.29, 0.717) is 0 Å². The summed E-state index contributed by atoms with van der Waals surface area (Å²) in [6.45, 7) is 5.82. The summed E-state index contributed by atoms with van der Waals surface area (Å²) in [5.74, 6) is 0. The van der Waals surface area contributed by atoms with E-state index in [0.717, 1.165) is 12.8 Å². The van der Waals surface area contributed by atoms with Crippen LogP contribution in [0.3, 0.4) is 0 Å². The third-order valence-electron chi connectivity index (χ3n) is 2.31. The summed E-state index contributed by atoms with van der Waals surface area (Å²) >= 11 is 0.200. The fraction of sp³-hybridized carbons (Fsp3) is 0.308. The zero-order chi connectivity index (χ0) is 11.1. The number of rotatable bonds is 5. The second kappa shape index (κ2) is 5.75. The van der Waals surface area contributed by atoms with Gasteiger partial charge in [-0.15, -0.1) is 0 Å². The second-order valence-corrected chi connectivity index (χ2v) is 6.42. The van der Waals surface area contributed by atoms with E-state index in [1.807, 2.05) is 24.3 Å². The molecule has 0 heterocycles. The van der Waals surface area contributed by atoms with Gasteiger partial charge in [0.1, 0.15) is 0 Å². The molecular formula is C13H15NSe. The van der Waals surface area contributed by atoms with Crippen molar-refractivity contribution in [3.8, 4) is 6.07 Å². The maximum absolute atomic E-state index is 9.29. The average molecular weight is 264 g/mol. The Morgan fingerprint density at radius 3 is 2.60 bits per heavy atom. The summed E-state index contributed by atoms with van der Waals surface area (Å²) in [5, 5.41) is 9.29. The fourth-order valence-corrected chi connectivity index (χ4v) is 3.74. The van der Waals surface area contributed by atoms with Crippen LogP contribution >= 0.6 is 0 Å². The van der Waals surface area contributed by atoms with Gasteiger partial charge in [0, 0.05) is 0 Å². The van der Waals surface area contributed by atoms with Crippen LogP contribution in [-0.2, 0) is 0 Å². The van der Waals surface area contributed by atoms with Crippen LogP contribution < -0.4 is 4.46 Å². The molecule has 1 atom stereocenters. The SMILES string of the molecule is C=CCC(C#N)(CC)[Se]c1ccccc1. The number of hydrogen-bond donors (Lipinski definition) is 0. The number of nitriles is 1. The van der Waals surface area contributed by atoms with Crippen LogP contribution in [0, 0.1) is 11.3 Å². The van der Waals surface area contributed by atoms with E-state index in [-0.39, 0.29) is 19.3 Å². The van der Waals surface area contributed by atoms with Gasteiger partial charge in [0.05, 0.1) is 0 Å². The summed E-state index contributed by atoms with van der Waals surface area (Å²) in [5.41, 5.74) is 0. The Morgan fingerprint density at radius 1 is 1.47 bits per heavy atom. The first-order valence-electron chi connectivity index (χ1n) is 5.02. The van der Waals surface area contributed by atoms with E-state index in [4.69, 9.17) is 0 Å². The third kappa shape index (κ3) is 3.23. The Balaban J connectivity index is 2.84. The molecule has 0 saturated heterocycles. The fourth-order valence-electron chi connectivity index (χ4n) is 1.35. The van der Waals surface area contributed by atoms with Gasteiger partial charge in [0.2, 0.25) is 0 Å². The number of allylic oxidation sites excluding steroid dienone is 1. The Labute approximate surface area is 98.0 Å². The van der Waals surface area contributed by atoms with Crippen LogP contribution in [-0.4, -0.2) is 15.0 Å². The molecule has 78 valence electrons. The van der Waals surface area contributed by atoms with Crippen LogP contribution in [0.2, 0.25) is 4.31 Å². The van der Waals surface area contributed by atoms with Gasteiger partial charge >= 0.3 is 97.8 Å². The monoisotopic (exact) mass is 265 g/mol. The van der Waals surface area contributed by atoms with Crippen molar-refractivity contribution in [3.63, 3.8) is 0 Å². The van der Waals surface area contributed by atoms with Crippen molar-refractivity contribution in [1.29, 1.82) is 5.26 Å². The van der Waals surface area contributed by atoms with Gasteiger partial charge in [-0.1, -0.05) is 0 Å². The van der Waals surface area contributed by atoms with Crippen molar-refractivity contribution in [1.82, 2.24) is 0 Å². The summed E-state index contributed by atoms with van der Waals surface area (Å²) in [4.78, 5) is 0. The van der Waals surface area contributed by atoms with Crippen molar-refractivity contribution in [2.45, 2.75) is 24.1 Å². The molecule has 15 heavy (non-hydrogen) atoms. The first kappa shape index (κ1) is 12.0. The molecule has 0 aliphatic carbocycles. The number of hydrogen-bond acceptors (Lipinski definition) is 1. The molecule has 0 saturated carbocycles. The van der Waals surface area contributed by atoms with E-state index >= 15 is 0 Å². The molecular weight excluding hydrogens is 249 g/mol. The average Bonchev–Trinajstić information content (AvgIpc) is 2.30. The summed E-state index contributed by atoms with van der Waals surface area (Å²) in [7, 11) is 0. The van der Waals surface area contributed by atoms with E-state index < -0.39 is 0 Å². The summed E-state index contributed by atoms with van der Waals surface area (Å²) in [6, 6.07) is 12.7. The first-order valence-corrected chi connectivity index (χ1v) is 6.74. The van der Waals surface area contributed by atoms with Crippen molar-refractivity contribution in [2.75, 3.05) is 0 Å². The van der Waals surface area contributed by atoms with E-state index in [2.05, 4.69) is 31.7 Å². The van der Waals surface area contributed by atoms with Crippen molar-refractivity contribution < 1.29 is 0 Å². The molecule has 0 amide bonds. The molecule has 1 aromatic rings. The molecule has 1 unspecified atom stereocenters. The van der Waals surface area contributed by atoms with Gasteiger partial charge in [0.25, 0.3) is 0 Å². The molecule has 0 radical (unpaired) electrons. The van der Waals surface area contributed by atoms with Crippen LogP contribution in [0.25, 0.3) is 0 Å². The molecule has 0 spiro atoms. The van der Waals surface area contributed by atoms with E-state index in [1.54, 1.807) is 0 Å². The predicted molar refractivity (Wildman–Crippen MR) is 65.2 cm³/mol. The molecule has 0 bridgehead atoms. The molecule has 2 heteroatoms. The summed E-state index contributed by atoms with van der Waals surface area (Å²) in [6.07, 6.45) is 3.54. The van der Waals surface area contributed by atoms with Gasteiger partial charge in [-0.2, -0.15) is 0 Å². The van der Waals surface area contributed by atoms with Crippen molar-refractivity contribution in [3.05, 3.63) is 43.0 Å². The summed E-state index contributed by atoms with van der Waals surface area (Å²) < 4.78 is 1.08. The van der Waals surface area contributed by atoms with Crippen LogP contribution in [0.4, 0.5) is 0 Å². The van der Waals surface area contributed by atoms with Gasteiger partial charge in [-0.3, -0.25) is 0 Å². The van der Waals surface area contributed by atoms with Crippen molar-refractivity contribution >= 4 is 19.4 Å². The molecule has 0 aliphatic heterocycles. The molecule has 1 rings (SSSR count). The molecule has 0 fully saturated rings. The molecule has 0 N–H and O–H groups in total. The van der Waals surface area contributed by atoms with E-state index in [9.17, 15) is 5.26 Å². The zero-order valence-corrected chi connectivity index (χ0v) is 10.7. The number of nitrogens with zero attached hydrogens (tertiary/aromatic N) is 1. The normalized spacial score (nSPS) is 13.9. The van der Waals surface area contributed by atoms with Crippen LogP contribution in [0.1, 0.15) is 19.8 Å². The van der Waals surface area contributed by atoms with Crippen LogP contribution in [0.5, 0.6) is 0 Å². The van der Waals surface area contributed by atoms with Crippen molar-refractivity contribution in [2.24, 2.45) is 0 Å². The standard InChI is InChI=1S/C13H15NSe/c1-3-10-13(4-2,11-14)15-12-8-6-5-7-9-12/h3,5-9H,1,4,10H2,2H3. The molecule has 0 aromatic heterocycles. The second-order valence-electron chi connectivity index (χ2n) is 3.37. The Morgan fingerprint density at radius 2 is 2.13 bits per heavy atom. The van der Waals surface area contributed by atoms with Gasteiger partial charge in [0.15, 0.2) is 0 Å². The maximum atomic E-state index is 9.29. The Bertz CT molecular complexity index is 353. The minimum absolute atomic E-state index is 0.200. The topological polar surface area (TPSA) is 23.8 Å². The quantitative estimate of drug-likeness (QED) is 0.592. The molecule has 0 aliphatic rings. The van der Waals surface area contributed by atoms with Gasteiger partial charge < -0.3 is 0 Å². The van der Waals surface area contributed by atoms with Gasteiger partial charge in [-0.25, -0.2) is 0 Å². The molecule has 1 nitrogen and oxygen atoms in total. The Hall–Kier alpha value is -1.03. The molecule has 1 aromatic carbocycles. The third-order valence-corrected chi connectivity index (χ3v) is 5.34. The first-order chi connectivity index (χ1) is 7.26. The Kier molecular flexibility index (Phi) is 4.62. The van der Waals surface area contributed by atoms with Gasteiger partial charge in [-0.05, 0) is 0 Å². The van der Waals surface area contributed by atoms with Crippen LogP contribution in [0.15, 0.2) is 43.0 Å². The minimum atomic E-state index is -0.212.